The summed E-state index contributed by atoms with van der Waals surface area (Å²) in [6, 6.07) is 17.2. The number of rotatable bonds is 5. The molecule has 3 aromatic rings. The standard InChI is InChI=1S/C21H18BrNO3S/c1-13-18(15-8-10-16(22)11-9-15)19(21(25)26-2)20(27-13)23-17(24)12-14-6-4-3-5-7-14/h3-11H,12H2,1-2H3,(H,23,24). The van der Waals surface area contributed by atoms with Crippen molar-refractivity contribution in [2.24, 2.45) is 0 Å². The number of aryl methyl sites for hydroxylation is 1. The summed E-state index contributed by atoms with van der Waals surface area (Å²) in [5.74, 6) is -0.637. The van der Waals surface area contributed by atoms with Gasteiger partial charge in [0, 0.05) is 14.9 Å². The number of halogens is 1. The molecule has 1 heterocycles. The van der Waals surface area contributed by atoms with Gasteiger partial charge in [0.2, 0.25) is 5.91 Å². The van der Waals surface area contributed by atoms with Gasteiger partial charge in [0.05, 0.1) is 13.5 Å². The highest BCUT2D eigenvalue weighted by atomic mass is 79.9. The summed E-state index contributed by atoms with van der Waals surface area (Å²) in [5.41, 5.74) is 2.99. The van der Waals surface area contributed by atoms with Crippen LogP contribution in [-0.2, 0) is 16.0 Å². The molecule has 27 heavy (non-hydrogen) atoms. The van der Waals surface area contributed by atoms with Crippen LogP contribution >= 0.6 is 27.3 Å². The van der Waals surface area contributed by atoms with Crippen molar-refractivity contribution in [3.8, 4) is 11.1 Å². The Morgan fingerprint density at radius 1 is 1.07 bits per heavy atom. The Morgan fingerprint density at radius 2 is 1.74 bits per heavy atom. The van der Waals surface area contributed by atoms with Gasteiger partial charge in [0.15, 0.2) is 0 Å². The van der Waals surface area contributed by atoms with Gasteiger partial charge >= 0.3 is 5.97 Å². The van der Waals surface area contributed by atoms with Crippen LogP contribution in [0.5, 0.6) is 0 Å². The highest BCUT2D eigenvalue weighted by molar-refractivity contribution is 9.10. The number of methoxy groups -OCH3 is 1. The molecule has 0 spiro atoms. The highest BCUT2D eigenvalue weighted by Gasteiger charge is 2.25. The third-order valence-electron chi connectivity index (χ3n) is 4.07. The maximum absolute atomic E-state index is 12.5. The average molecular weight is 444 g/mol. The summed E-state index contributed by atoms with van der Waals surface area (Å²) in [4.78, 5) is 25.9. The van der Waals surface area contributed by atoms with E-state index in [9.17, 15) is 9.59 Å². The fourth-order valence-electron chi connectivity index (χ4n) is 2.85. The molecule has 0 radical (unpaired) electrons. The third-order valence-corrected chi connectivity index (χ3v) is 5.62. The van der Waals surface area contributed by atoms with Crippen LogP contribution in [0.2, 0.25) is 0 Å². The van der Waals surface area contributed by atoms with Crippen molar-refractivity contribution >= 4 is 44.1 Å². The predicted molar refractivity (Wildman–Crippen MR) is 112 cm³/mol. The number of carbonyl (C=O) groups is 2. The van der Waals surface area contributed by atoms with E-state index in [4.69, 9.17) is 4.74 Å². The van der Waals surface area contributed by atoms with Crippen LogP contribution in [-0.4, -0.2) is 19.0 Å². The zero-order chi connectivity index (χ0) is 19.4. The molecule has 0 bridgehead atoms. The summed E-state index contributed by atoms with van der Waals surface area (Å²) < 4.78 is 5.94. The van der Waals surface area contributed by atoms with Crippen molar-refractivity contribution in [2.75, 3.05) is 12.4 Å². The second-order valence-electron chi connectivity index (χ2n) is 5.95. The number of ether oxygens (including phenoxy) is 1. The molecular weight excluding hydrogens is 426 g/mol. The monoisotopic (exact) mass is 443 g/mol. The van der Waals surface area contributed by atoms with Gasteiger partial charge in [0.25, 0.3) is 0 Å². The van der Waals surface area contributed by atoms with Crippen LogP contribution in [0.1, 0.15) is 20.8 Å². The van der Waals surface area contributed by atoms with Gasteiger partial charge in [-0.2, -0.15) is 0 Å². The topological polar surface area (TPSA) is 55.4 Å². The predicted octanol–water partition coefficient (Wildman–Crippen LogP) is 5.45. The normalized spacial score (nSPS) is 10.5. The van der Waals surface area contributed by atoms with Gasteiger partial charge in [0.1, 0.15) is 10.6 Å². The Labute approximate surface area is 170 Å². The number of esters is 1. The Kier molecular flexibility index (Phi) is 6.08. The van der Waals surface area contributed by atoms with Crippen molar-refractivity contribution in [2.45, 2.75) is 13.3 Å². The Hall–Kier alpha value is -2.44. The molecule has 3 rings (SSSR count). The molecule has 1 amide bonds. The highest BCUT2D eigenvalue weighted by Crippen LogP contribution is 2.40. The summed E-state index contributed by atoms with van der Waals surface area (Å²) >= 11 is 4.80. The molecule has 0 fully saturated rings. The van der Waals surface area contributed by atoms with E-state index in [1.165, 1.54) is 18.4 Å². The molecule has 1 aromatic heterocycles. The summed E-state index contributed by atoms with van der Waals surface area (Å²) in [5, 5.41) is 3.40. The SMILES string of the molecule is COC(=O)c1c(NC(=O)Cc2ccccc2)sc(C)c1-c1ccc(Br)cc1. The van der Waals surface area contributed by atoms with Crippen LogP contribution in [0, 0.1) is 6.92 Å². The lowest BCUT2D eigenvalue weighted by Crippen LogP contribution is -2.16. The number of hydrogen-bond donors (Lipinski definition) is 1. The fraction of sp³-hybridized carbons (Fsp3) is 0.143. The van der Waals surface area contributed by atoms with Crippen molar-refractivity contribution in [1.82, 2.24) is 0 Å². The Balaban J connectivity index is 1.95. The zero-order valence-corrected chi connectivity index (χ0v) is 17.3. The molecular formula is C21H18BrNO3S. The summed E-state index contributed by atoms with van der Waals surface area (Å²) in [6.45, 7) is 1.93. The molecule has 0 unspecified atom stereocenters. The molecule has 2 aromatic carbocycles. The first-order valence-electron chi connectivity index (χ1n) is 8.31. The number of thiophene rings is 1. The lowest BCUT2D eigenvalue weighted by atomic mass is 10.0. The molecule has 0 saturated carbocycles. The van der Waals surface area contributed by atoms with E-state index >= 15 is 0 Å². The number of hydrogen-bond acceptors (Lipinski definition) is 4. The molecule has 0 aliphatic heterocycles. The average Bonchev–Trinajstić information content (AvgIpc) is 2.98. The van der Waals surface area contributed by atoms with Crippen LogP contribution in [0.25, 0.3) is 11.1 Å². The molecule has 0 aliphatic carbocycles. The van der Waals surface area contributed by atoms with E-state index in [0.29, 0.717) is 10.6 Å². The lowest BCUT2D eigenvalue weighted by molar-refractivity contribution is -0.115. The minimum Gasteiger partial charge on any atom is -0.465 e. The van der Waals surface area contributed by atoms with Gasteiger partial charge in [-0.1, -0.05) is 58.4 Å². The minimum atomic E-state index is -0.465. The van der Waals surface area contributed by atoms with Crippen molar-refractivity contribution in [3.05, 3.63) is 75.1 Å². The van der Waals surface area contributed by atoms with Crippen molar-refractivity contribution in [1.29, 1.82) is 0 Å². The van der Waals surface area contributed by atoms with E-state index < -0.39 is 5.97 Å². The number of amides is 1. The number of nitrogens with one attached hydrogen (secondary N) is 1. The molecule has 0 aliphatic rings. The van der Waals surface area contributed by atoms with Crippen molar-refractivity contribution < 1.29 is 14.3 Å². The van der Waals surface area contributed by atoms with E-state index in [2.05, 4.69) is 21.2 Å². The lowest BCUT2D eigenvalue weighted by Gasteiger charge is -2.08. The molecule has 0 atom stereocenters. The maximum Gasteiger partial charge on any atom is 0.341 e. The molecule has 0 saturated heterocycles. The largest absolute Gasteiger partial charge is 0.465 e. The van der Waals surface area contributed by atoms with Crippen molar-refractivity contribution in [3.63, 3.8) is 0 Å². The second kappa shape index (κ2) is 8.50. The molecule has 6 heteroatoms. The van der Waals surface area contributed by atoms with E-state index in [1.807, 2.05) is 61.5 Å². The first-order chi connectivity index (χ1) is 13.0. The summed E-state index contributed by atoms with van der Waals surface area (Å²) in [7, 11) is 1.34. The number of anilines is 1. The number of carbonyl (C=O) groups excluding carboxylic acids is 2. The quantitative estimate of drug-likeness (QED) is 0.533. The first kappa shape index (κ1) is 19.3. The first-order valence-corrected chi connectivity index (χ1v) is 9.92. The smallest absolute Gasteiger partial charge is 0.341 e. The van der Waals surface area contributed by atoms with E-state index in [0.717, 1.165) is 26.0 Å². The van der Waals surface area contributed by atoms with Gasteiger partial charge in [-0.25, -0.2) is 4.79 Å². The molecule has 1 N–H and O–H groups in total. The Morgan fingerprint density at radius 3 is 2.37 bits per heavy atom. The zero-order valence-electron chi connectivity index (χ0n) is 14.9. The third kappa shape index (κ3) is 4.46. The second-order valence-corrected chi connectivity index (χ2v) is 8.09. The van der Waals surface area contributed by atoms with Crippen LogP contribution in [0.4, 0.5) is 5.00 Å². The Bertz CT molecular complexity index is 965. The molecule has 4 nitrogen and oxygen atoms in total. The summed E-state index contributed by atoms with van der Waals surface area (Å²) in [6.07, 6.45) is 0.242. The number of benzene rings is 2. The fourth-order valence-corrected chi connectivity index (χ4v) is 4.19. The van der Waals surface area contributed by atoms with Gasteiger partial charge in [-0.3, -0.25) is 4.79 Å². The van der Waals surface area contributed by atoms with E-state index in [-0.39, 0.29) is 12.3 Å². The van der Waals surface area contributed by atoms with Gasteiger partial charge < -0.3 is 10.1 Å². The van der Waals surface area contributed by atoms with E-state index in [1.54, 1.807) is 0 Å². The molecule has 138 valence electrons. The maximum atomic E-state index is 12.5. The minimum absolute atomic E-state index is 0.171. The van der Waals surface area contributed by atoms with Crippen LogP contribution < -0.4 is 5.32 Å². The van der Waals surface area contributed by atoms with Gasteiger partial charge in [-0.15, -0.1) is 11.3 Å². The van der Waals surface area contributed by atoms with Gasteiger partial charge in [-0.05, 0) is 30.2 Å². The van der Waals surface area contributed by atoms with Crippen LogP contribution in [0.15, 0.2) is 59.1 Å². The van der Waals surface area contributed by atoms with Crippen LogP contribution in [0.3, 0.4) is 0 Å².